The van der Waals surface area contributed by atoms with E-state index < -0.39 is 0 Å². The van der Waals surface area contributed by atoms with Crippen molar-refractivity contribution >= 4 is 11.6 Å². The monoisotopic (exact) mass is 337 g/mol. The average Bonchev–Trinajstić information content (AvgIpc) is 3.37. The third kappa shape index (κ3) is 3.08. The van der Waals surface area contributed by atoms with Gasteiger partial charge in [-0.25, -0.2) is 4.98 Å². The van der Waals surface area contributed by atoms with E-state index in [1.54, 1.807) is 12.3 Å². The number of carbonyl (C=O) groups is 1. The normalized spacial score (nSPS) is 25.2. The fourth-order valence-electron chi connectivity index (χ4n) is 3.70. The van der Waals surface area contributed by atoms with Crippen LogP contribution in [0.1, 0.15) is 28.9 Å². The quantitative estimate of drug-likeness (QED) is 0.890. The third-order valence-corrected chi connectivity index (χ3v) is 4.90. The van der Waals surface area contributed by atoms with Crippen LogP contribution in [0.2, 0.25) is 0 Å². The van der Waals surface area contributed by atoms with Gasteiger partial charge in [0.25, 0.3) is 5.91 Å². The highest BCUT2D eigenvalue weighted by Gasteiger charge is 2.47. The van der Waals surface area contributed by atoms with Crippen LogP contribution in [-0.2, 0) is 4.74 Å². The summed E-state index contributed by atoms with van der Waals surface area (Å²) in [6, 6.07) is 9.77. The minimum Gasteiger partial charge on any atom is -0.380 e. The highest BCUT2D eigenvalue weighted by molar-refractivity contribution is 5.92. The van der Waals surface area contributed by atoms with Crippen LogP contribution in [0.4, 0.5) is 5.69 Å². The maximum atomic E-state index is 12.4. The van der Waals surface area contributed by atoms with Gasteiger partial charge in [-0.3, -0.25) is 4.79 Å². The van der Waals surface area contributed by atoms with Gasteiger partial charge in [0.1, 0.15) is 5.69 Å². The molecular weight excluding hydrogens is 318 g/mol. The number of imidazole rings is 1. The third-order valence-electron chi connectivity index (χ3n) is 4.90. The number of H-pyrrole nitrogens is 1. The Labute approximate surface area is 145 Å². The van der Waals surface area contributed by atoms with Crippen LogP contribution in [0.3, 0.4) is 0 Å². The van der Waals surface area contributed by atoms with Crippen molar-refractivity contribution in [3.05, 3.63) is 48.0 Å². The van der Waals surface area contributed by atoms with Crippen LogP contribution in [0.5, 0.6) is 0 Å². The number of likely N-dealkylation sites (tertiary alicyclic amines) is 1. The Morgan fingerprint density at radius 1 is 1.52 bits per heavy atom. The number of aromatic amines is 1. The fraction of sp³-hybridized carbons (Fsp3) is 0.389. The van der Waals surface area contributed by atoms with Crippen LogP contribution in [0, 0.1) is 11.3 Å². The Morgan fingerprint density at radius 3 is 3.24 bits per heavy atom. The molecule has 1 spiro atoms. The molecule has 0 aliphatic carbocycles. The summed E-state index contributed by atoms with van der Waals surface area (Å²) in [7, 11) is 0. The fourth-order valence-corrected chi connectivity index (χ4v) is 3.70. The minimum atomic E-state index is -0.278. The van der Waals surface area contributed by atoms with Crippen molar-refractivity contribution in [3.63, 3.8) is 0 Å². The first-order valence-electron chi connectivity index (χ1n) is 8.36. The predicted molar refractivity (Wildman–Crippen MR) is 91.0 cm³/mol. The van der Waals surface area contributed by atoms with Gasteiger partial charge in [0.05, 0.1) is 49.0 Å². The molecule has 3 heterocycles. The van der Waals surface area contributed by atoms with Crippen LogP contribution in [-0.4, -0.2) is 52.1 Å². The van der Waals surface area contributed by atoms with Crippen molar-refractivity contribution in [2.75, 3.05) is 25.0 Å². The number of amides is 1. The predicted octanol–water partition coefficient (Wildman–Crippen LogP) is 1.77. The number of benzene rings is 1. The molecule has 25 heavy (non-hydrogen) atoms. The molecule has 7 nitrogen and oxygen atoms in total. The summed E-state index contributed by atoms with van der Waals surface area (Å²) in [6.45, 7) is 1.89. The number of rotatable bonds is 3. The second kappa shape index (κ2) is 6.22. The lowest BCUT2D eigenvalue weighted by molar-refractivity contribution is 0.0124. The van der Waals surface area contributed by atoms with Gasteiger partial charge in [-0.1, -0.05) is 6.07 Å². The first-order valence-corrected chi connectivity index (χ1v) is 8.36. The molecule has 2 aliphatic heterocycles. The van der Waals surface area contributed by atoms with Crippen LogP contribution >= 0.6 is 0 Å². The maximum Gasteiger partial charge on any atom is 0.272 e. The molecule has 4 rings (SSSR count). The van der Waals surface area contributed by atoms with E-state index >= 15 is 0 Å². The number of nitrogens with zero attached hydrogens (tertiary/aromatic N) is 3. The molecule has 1 aromatic carbocycles. The number of anilines is 1. The van der Waals surface area contributed by atoms with E-state index in [0.717, 1.165) is 18.5 Å². The van der Waals surface area contributed by atoms with Gasteiger partial charge in [0, 0.05) is 18.7 Å². The lowest BCUT2D eigenvalue weighted by Gasteiger charge is -2.23. The van der Waals surface area contributed by atoms with E-state index in [1.165, 1.54) is 6.33 Å². The number of carbonyl (C=O) groups excluding carboxylic acids is 1. The summed E-state index contributed by atoms with van der Waals surface area (Å²) in [4.78, 5) is 21.0. The second-order valence-electron chi connectivity index (χ2n) is 6.67. The molecule has 2 N–H and O–H groups in total. The highest BCUT2D eigenvalue weighted by Crippen LogP contribution is 2.36. The molecule has 0 bridgehead atoms. The maximum absolute atomic E-state index is 12.4. The van der Waals surface area contributed by atoms with Crippen molar-refractivity contribution < 1.29 is 9.53 Å². The van der Waals surface area contributed by atoms with Gasteiger partial charge in [-0.2, -0.15) is 5.26 Å². The smallest absolute Gasteiger partial charge is 0.272 e. The van der Waals surface area contributed by atoms with Crippen molar-refractivity contribution in [2.24, 2.45) is 0 Å². The molecule has 1 aromatic heterocycles. The van der Waals surface area contributed by atoms with Gasteiger partial charge < -0.3 is 19.9 Å². The Balaban J connectivity index is 1.39. The van der Waals surface area contributed by atoms with E-state index in [-0.39, 0.29) is 17.6 Å². The summed E-state index contributed by atoms with van der Waals surface area (Å²) in [5, 5.41) is 12.4. The molecular formula is C18H19N5O2. The van der Waals surface area contributed by atoms with Crippen LogP contribution in [0.25, 0.3) is 0 Å². The van der Waals surface area contributed by atoms with Gasteiger partial charge in [0.15, 0.2) is 0 Å². The van der Waals surface area contributed by atoms with Crippen LogP contribution < -0.4 is 5.32 Å². The molecule has 2 saturated heterocycles. The Hall–Kier alpha value is -2.85. The molecule has 128 valence electrons. The van der Waals surface area contributed by atoms with E-state index in [9.17, 15) is 4.79 Å². The van der Waals surface area contributed by atoms with Crippen molar-refractivity contribution in [1.82, 2.24) is 14.9 Å². The van der Waals surface area contributed by atoms with Crippen molar-refractivity contribution in [3.8, 4) is 6.07 Å². The first kappa shape index (κ1) is 15.7. The topological polar surface area (TPSA) is 94.0 Å². The number of nitrogens with one attached hydrogen (secondary N) is 2. The number of aromatic nitrogens is 2. The summed E-state index contributed by atoms with van der Waals surface area (Å²) < 4.78 is 6.09. The Bertz CT molecular complexity index is 813. The number of ether oxygens (including phenoxy) is 1. The van der Waals surface area contributed by atoms with E-state index in [2.05, 4.69) is 21.4 Å². The number of nitriles is 1. The lowest BCUT2D eigenvalue weighted by Crippen LogP contribution is -2.36. The second-order valence-corrected chi connectivity index (χ2v) is 6.67. The molecule has 1 amide bonds. The van der Waals surface area contributed by atoms with Gasteiger partial charge in [0.2, 0.25) is 0 Å². The zero-order chi connectivity index (χ0) is 17.3. The van der Waals surface area contributed by atoms with E-state index in [4.69, 9.17) is 10.00 Å². The molecule has 0 saturated carbocycles. The summed E-state index contributed by atoms with van der Waals surface area (Å²) in [6.07, 6.45) is 4.75. The van der Waals surface area contributed by atoms with E-state index in [1.807, 2.05) is 23.1 Å². The molecule has 2 atom stereocenters. The molecule has 7 heteroatoms. The Kier molecular flexibility index (Phi) is 3.90. The highest BCUT2D eigenvalue weighted by atomic mass is 16.5. The van der Waals surface area contributed by atoms with Crippen molar-refractivity contribution in [2.45, 2.75) is 24.5 Å². The molecule has 2 fully saturated rings. The van der Waals surface area contributed by atoms with Gasteiger partial charge in [-0.15, -0.1) is 0 Å². The Morgan fingerprint density at radius 2 is 2.44 bits per heavy atom. The summed E-state index contributed by atoms with van der Waals surface area (Å²) in [5.74, 6) is -0.0314. The van der Waals surface area contributed by atoms with Crippen LogP contribution in [0.15, 0.2) is 36.8 Å². The standard InChI is InChI=1S/C18H19N5O2/c19-8-13-2-1-3-14(6-13)22-15-7-18(25-10-15)4-5-23(11-18)17(24)16-9-20-12-21-16/h1-3,6,9,12,15,22H,4-5,7,10-11H2,(H,20,21). The number of hydrogen-bond donors (Lipinski definition) is 2. The summed E-state index contributed by atoms with van der Waals surface area (Å²) >= 11 is 0. The number of hydrogen-bond acceptors (Lipinski definition) is 5. The molecule has 2 unspecified atom stereocenters. The molecule has 2 aromatic rings. The minimum absolute atomic E-state index is 0.0314. The molecule has 0 radical (unpaired) electrons. The van der Waals surface area contributed by atoms with E-state index in [0.29, 0.717) is 31.0 Å². The summed E-state index contributed by atoms with van der Waals surface area (Å²) in [5.41, 5.74) is 1.79. The zero-order valence-electron chi connectivity index (χ0n) is 13.7. The molecule has 2 aliphatic rings. The van der Waals surface area contributed by atoms with Gasteiger partial charge >= 0.3 is 0 Å². The SMILES string of the molecule is N#Cc1cccc(NC2COC3(CCN(C(=O)c4cnc[nH]4)C3)C2)c1. The largest absolute Gasteiger partial charge is 0.380 e. The lowest BCUT2D eigenvalue weighted by atomic mass is 9.97. The zero-order valence-corrected chi connectivity index (χ0v) is 13.7. The van der Waals surface area contributed by atoms with Gasteiger partial charge in [-0.05, 0) is 24.6 Å². The first-order chi connectivity index (χ1) is 12.2. The average molecular weight is 337 g/mol. The van der Waals surface area contributed by atoms with Crippen molar-refractivity contribution in [1.29, 1.82) is 5.26 Å².